The second kappa shape index (κ2) is 24.9. The van der Waals surface area contributed by atoms with Gasteiger partial charge >= 0.3 is 0 Å². The first-order valence-corrected chi connectivity index (χ1v) is 27.6. The SMILES string of the molecule is CSN1CCN(CCNC(=O)c2c(-c3cccc(N4CCN(c5ccc(NSc6ccc(N[C@H](CCN(C)C)CSc7ccccc7)c([N+](=O)[O-])c6)cc5)CC4)c3)c(-c3ccc(Cl)cc3)n(C)c2C)CC1. The van der Waals surface area contributed by atoms with Crippen molar-refractivity contribution in [1.29, 1.82) is 0 Å². The third kappa shape index (κ3) is 13.6. The molecule has 5 aromatic carbocycles. The van der Waals surface area contributed by atoms with Crippen LogP contribution in [0.5, 0.6) is 0 Å². The average molecular weight is 1030 g/mol. The molecule has 2 aliphatic rings. The predicted octanol–water partition coefficient (Wildman–Crippen LogP) is 10.8. The fraction of sp³-hybridized carbons (Fsp3) is 0.352. The fourth-order valence-corrected chi connectivity index (χ4v) is 11.5. The molecule has 0 bridgehead atoms. The number of hydrogen-bond acceptors (Lipinski definition) is 13. The molecule has 0 aliphatic carbocycles. The van der Waals surface area contributed by atoms with Crippen molar-refractivity contribution < 1.29 is 9.72 Å². The molecule has 8 rings (SSSR count). The Labute approximate surface area is 437 Å². The monoisotopic (exact) mass is 1030 g/mol. The highest BCUT2D eigenvalue weighted by molar-refractivity contribution is 8.00. The zero-order valence-corrected chi connectivity index (χ0v) is 44.5. The molecule has 1 atom stereocenters. The molecule has 1 aromatic heterocycles. The summed E-state index contributed by atoms with van der Waals surface area (Å²) in [7, 11) is 6.12. The lowest BCUT2D eigenvalue weighted by Gasteiger charge is -2.37. The number of rotatable bonds is 21. The van der Waals surface area contributed by atoms with Gasteiger partial charge in [0.1, 0.15) is 5.69 Å². The summed E-state index contributed by atoms with van der Waals surface area (Å²) < 4.78 is 7.92. The van der Waals surface area contributed by atoms with Gasteiger partial charge in [0, 0.05) is 133 Å². The molecule has 6 aromatic rings. The maximum atomic E-state index is 14.3. The Bertz CT molecular complexity index is 2710. The maximum Gasteiger partial charge on any atom is 0.293 e. The van der Waals surface area contributed by atoms with Crippen LogP contribution in [-0.2, 0) is 7.05 Å². The Kier molecular flexibility index (Phi) is 18.2. The van der Waals surface area contributed by atoms with E-state index in [2.05, 4.69) is 111 Å². The van der Waals surface area contributed by atoms with Gasteiger partial charge in [0.05, 0.1) is 16.2 Å². The van der Waals surface area contributed by atoms with Crippen LogP contribution >= 0.6 is 47.3 Å². The number of piperazine rings is 2. The molecule has 0 saturated carbocycles. The van der Waals surface area contributed by atoms with E-state index in [-0.39, 0.29) is 22.6 Å². The number of nitro groups is 1. The van der Waals surface area contributed by atoms with Gasteiger partial charge < -0.3 is 34.6 Å². The highest BCUT2D eigenvalue weighted by Gasteiger charge is 2.28. The first-order valence-electron chi connectivity index (χ1n) is 24.2. The number of hydrogen-bond donors (Lipinski definition) is 3. The summed E-state index contributed by atoms with van der Waals surface area (Å²) in [5.41, 5.74) is 9.27. The fourth-order valence-electron chi connectivity index (χ4n) is 9.19. The molecule has 2 aliphatic heterocycles. The van der Waals surface area contributed by atoms with E-state index in [1.165, 1.54) is 16.8 Å². The summed E-state index contributed by atoms with van der Waals surface area (Å²) in [6.07, 6.45) is 2.98. The van der Waals surface area contributed by atoms with Crippen molar-refractivity contribution in [3.8, 4) is 22.4 Å². The molecule has 3 heterocycles. The van der Waals surface area contributed by atoms with Crippen molar-refractivity contribution >= 4 is 81.6 Å². The van der Waals surface area contributed by atoms with Crippen LogP contribution in [0, 0.1) is 17.0 Å². The van der Waals surface area contributed by atoms with Gasteiger partial charge in [-0.25, -0.2) is 4.31 Å². The van der Waals surface area contributed by atoms with E-state index < -0.39 is 0 Å². The van der Waals surface area contributed by atoms with Gasteiger partial charge in [-0.3, -0.25) is 19.8 Å². The predicted molar refractivity (Wildman–Crippen MR) is 301 cm³/mol. The number of nitrogens with one attached hydrogen (secondary N) is 3. The normalized spacial score (nSPS) is 15.0. The molecule has 0 spiro atoms. The third-order valence-corrected chi connectivity index (χ3v) is 16.4. The van der Waals surface area contributed by atoms with Crippen LogP contribution in [0.2, 0.25) is 5.02 Å². The van der Waals surface area contributed by atoms with Crippen LogP contribution in [0.3, 0.4) is 0 Å². The zero-order chi connectivity index (χ0) is 49.9. The van der Waals surface area contributed by atoms with Gasteiger partial charge in [0.15, 0.2) is 0 Å². The second-order valence-corrected chi connectivity index (χ2v) is 21.5. The number of nitrogens with zero attached hydrogens (tertiary/aromatic N) is 7. The Morgan fingerprint density at radius 3 is 2.18 bits per heavy atom. The number of aromatic nitrogens is 1. The van der Waals surface area contributed by atoms with Crippen LogP contribution in [0.15, 0.2) is 131 Å². The van der Waals surface area contributed by atoms with Gasteiger partial charge in [-0.05, 0) is 136 Å². The maximum absolute atomic E-state index is 14.3. The van der Waals surface area contributed by atoms with Gasteiger partial charge in [-0.2, -0.15) is 0 Å². The molecule has 13 nitrogen and oxygen atoms in total. The minimum atomic E-state index is -0.303. The number of carbonyl (C=O) groups excluding carboxylic acids is 1. The van der Waals surface area contributed by atoms with Crippen molar-refractivity contribution in [3.05, 3.63) is 148 Å². The minimum Gasteiger partial charge on any atom is -0.376 e. The highest BCUT2D eigenvalue weighted by atomic mass is 35.5. The van der Waals surface area contributed by atoms with Gasteiger partial charge in [0.2, 0.25) is 0 Å². The summed E-state index contributed by atoms with van der Waals surface area (Å²) in [5.74, 6) is 0.727. The van der Waals surface area contributed by atoms with E-state index >= 15 is 0 Å². The van der Waals surface area contributed by atoms with E-state index in [1.807, 2.05) is 82.7 Å². The number of benzene rings is 5. The van der Waals surface area contributed by atoms with Crippen LogP contribution in [-0.4, -0.2) is 134 Å². The molecule has 17 heteroatoms. The smallest absolute Gasteiger partial charge is 0.293 e. The number of carbonyl (C=O) groups is 1. The minimum absolute atomic E-state index is 0.0470. The topological polar surface area (TPSA) is 117 Å². The van der Waals surface area contributed by atoms with Crippen molar-refractivity contribution in [2.24, 2.45) is 7.05 Å². The van der Waals surface area contributed by atoms with E-state index in [9.17, 15) is 14.9 Å². The lowest BCUT2D eigenvalue weighted by Crippen LogP contribution is -2.46. The Balaban J connectivity index is 0.897. The van der Waals surface area contributed by atoms with Crippen LogP contribution in [0.1, 0.15) is 22.5 Å². The van der Waals surface area contributed by atoms with Crippen molar-refractivity contribution in [2.75, 3.05) is 118 Å². The third-order valence-electron chi connectivity index (χ3n) is 13.3. The van der Waals surface area contributed by atoms with E-state index in [0.717, 1.165) is 128 Å². The van der Waals surface area contributed by atoms with Gasteiger partial charge in [0.25, 0.3) is 11.6 Å². The highest BCUT2D eigenvalue weighted by Crippen LogP contribution is 2.41. The Morgan fingerprint density at radius 1 is 0.803 bits per heavy atom. The molecule has 1 amide bonds. The standard InChI is InChI=1S/C54H65ClN10O3S3/c1-39-51(54(66)56-25-27-61-28-34-64(69-5)35-29-61)52(53(60(39)4)40-14-16-42(55)17-15-40)41-10-9-11-46(36-41)63-32-30-62(31-33-63)45-20-18-43(19-21-45)58-71-48-22-23-49(50(37-48)65(67)68)57-44(24-26-59(2)3)38-70-47-12-7-6-8-13-47/h6-23,36-37,44,57-58H,24-35,38H2,1-5H3,(H,56,66)/t44-/m1/s1. The van der Waals surface area contributed by atoms with Crippen molar-refractivity contribution in [1.82, 2.24) is 24.0 Å². The number of halogens is 1. The first-order chi connectivity index (χ1) is 34.4. The quantitative estimate of drug-likeness (QED) is 0.0275. The summed E-state index contributed by atoms with van der Waals surface area (Å²) in [5, 5.41) is 19.8. The molecule has 0 radical (unpaired) electrons. The number of amides is 1. The van der Waals surface area contributed by atoms with Crippen LogP contribution in [0.25, 0.3) is 22.4 Å². The summed E-state index contributed by atoms with van der Waals surface area (Å²) in [4.78, 5) is 37.6. The Morgan fingerprint density at radius 2 is 1.51 bits per heavy atom. The van der Waals surface area contributed by atoms with Crippen molar-refractivity contribution in [2.45, 2.75) is 29.2 Å². The molecule has 3 N–H and O–H groups in total. The molecule has 2 saturated heterocycles. The van der Waals surface area contributed by atoms with Gasteiger partial charge in [-0.1, -0.05) is 66.0 Å². The van der Waals surface area contributed by atoms with E-state index in [0.29, 0.717) is 22.8 Å². The molecule has 374 valence electrons. The number of anilines is 4. The van der Waals surface area contributed by atoms with E-state index in [1.54, 1.807) is 29.8 Å². The lowest BCUT2D eigenvalue weighted by atomic mass is 9.95. The average Bonchev–Trinajstić information content (AvgIpc) is 3.66. The summed E-state index contributed by atoms with van der Waals surface area (Å²) >= 11 is 11.3. The first kappa shape index (κ1) is 52.0. The molecular weight excluding hydrogens is 968 g/mol. The van der Waals surface area contributed by atoms with Crippen LogP contribution < -0.4 is 25.2 Å². The molecule has 2 fully saturated rings. The Hall–Kier alpha value is -5.33. The van der Waals surface area contributed by atoms with Crippen LogP contribution in [0.4, 0.5) is 28.4 Å². The second-order valence-electron chi connectivity index (χ2n) is 18.2. The largest absolute Gasteiger partial charge is 0.376 e. The molecular formula is C54H65ClN10O3S3. The van der Waals surface area contributed by atoms with Gasteiger partial charge in [-0.15, -0.1) is 11.8 Å². The zero-order valence-electron chi connectivity index (χ0n) is 41.3. The van der Waals surface area contributed by atoms with E-state index in [4.69, 9.17) is 11.6 Å². The molecule has 0 unspecified atom stereocenters. The summed E-state index contributed by atoms with van der Waals surface area (Å²) in [6.45, 7) is 11.7. The van der Waals surface area contributed by atoms with Crippen molar-refractivity contribution in [3.63, 3.8) is 0 Å². The lowest BCUT2D eigenvalue weighted by molar-refractivity contribution is -0.384. The molecule has 71 heavy (non-hydrogen) atoms. The summed E-state index contributed by atoms with van der Waals surface area (Å²) in [6, 6.07) is 40.6. The number of nitro benzene ring substituents is 1. The number of thioether (sulfide) groups is 1.